The van der Waals surface area contributed by atoms with Crippen molar-refractivity contribution in [1.82, 2.24) is 4.31 Å². The fourth-order valence-electron chi connectivity index (χ4n) is 2.38. The molecule has 0 aliphatic carbocycles. The Kier molecular flexibility index (Phi) is 4.41. The minimum Gasteiger partial charge on any atom is -0.393 e. The van der Waals surface area contributed by atoms with Crippen LogP contribution in [0.1, 0.15) is 19.8 Å². The lowest BCUT2D eigenvalue weighted by Gasteiger charge is -2.32. The van der Waals surface area contributed by atoms with E-state index >= 15 is 0 Å². The van der Waals surface area contributed by atoms with Crippen molar-refractivity contribution in [1.29, 1.82) is 0 Å². The van der Waals surface area contributed by atoms with Gasteiger partial charge in [0.2, 0.25) is 10.0 Å². The Balaban J connectivity index is 2.17. The molecule has 7 heteroatoms. The normalized spacial score (nSPS) is 20.0. The Labute approximate surface area is 117 Å². The van der Waals surface area contributed by atoms with Gasteiger partial charge >= 0.3 is 0 Å². The van der Waals surface area contributed by atoms with Crippen LogP contribution in [0.5, 0.6) is 0 Å². The molecule has 0 amide bonds. The van der Waals surface area contributed by atoms with Crippen LogP contribution < -0.4 is 0 Å². The quantitative estimate of drug-likeness (QED) is 0.925. The first-order valence-corrected chi connectivity index (χ1v) is 7.89. The standard InChI is InChI=1S/C13H17F2NO3S/c1-9(17)10-4-6-16(7-5-10)20(18,19)11-2-3-12(14)13(15)8-11/h2-3,8-10,17H,4-7H2,1H3. The van der Waals surface area contributed by atoms with Crippen LogP contribution in [0.3, 0.4) is 0 Å². The van der Waals surface area contributed by atoms with Gasteiger partial charge in [-0.25, -0.2) is 17.2 Å². The molecule has 1 aliphatic rings. The Hall–Kier alpha value is -1.05. The number of halogens is 2. The van der Waals surface area contributed by atoms with Crippen molar-refractivity contribution in [2.75, 3.05) is 13.1 Å². The molecule has 1 N–H and O–H groups in total. The Morgan fingerprint density at radius 2 is 1.85 bits per heavy atom. The van der Waals surface area contributed by atoms with Gasteiger partial charge in [0, 0.05) is 13.1 Å². The number of rotatable bonds is 3. The summed E-state index contributed by atoms with van der Waals surface area (Å²) < 4.78 is 51.9. The predicted octanol–water partition coefficient (Wildman–Crippen LogP) is 1.75. The molecule has 0 aromatic heterocycles. The molecule has 1 unspecified atom stereocenters. The summed E-state index contributed by atoms with van der Waals surface area (Å²) in [5, 5.41) is 9.49. The fraction of sp³-hybridized carbons (Fsp3) is 0.538. The third-order valence-corrected chi connectivity index (χ3v) is 5.60. The average Bonchev–Trinajstić information content (AvgIpc) is 2.41. The molecule has 4 nitrogen and oxygen atoms in total. The maximum atomic E-state index is 13.2. The van der Waals surface area contributed by atoms with E-state index in [1.807, 2.05) is 0 Å². The molecule has 0 radical (unpaired) electrons. The van der Waals surface area contributed by atoms with Gasteiger partial charge in [-0.2, -0.15) is 4.31 Å². The number of hydrogen-bond donors (Lipinski definition) is 1. The van der Waals surface area contributed by atoms with Crippen molar-refractivity contribution in [2.24, 2.45) is 5.92 Å². The van der Waals surface area contributed by atoms with Gasteiger partial charge in [0.25, 0.3) is 0 Å². The van der Waals surface area contributed by atoms with E-state index in [1.54, 1.807) is 6.92 Å². The summed E-state index contributed by atoms with van der Waals surface area (Å²) in [5.41, 5.74) is 0. The van der Waals surface area contributed by atoms with Crippen LogP contribution in [0.25, 0.3) is 0 Å². The lowest BCUT2D eigenvalue weighted by atomic mass is 9.93. The van der Waals surface area contributed by atoms with E-state index in [0.717, 1.165) is 12.1 Å². The number of hydrogen-bond acceptors (Lipinski definition) is 3. The molecule has 1 fully saturated rings. The topological polar surface area (TPSA) is 57.6 Å². The number of piperidine rings is 1. The lowest BCUT2D eigenvalue weighted by Crippen LogP contribution is -2.40. The number of aliphatic hydroxyl groups excluding tert-OH is 1. The van der Waals surface area contributed by atoms with Crippen molar-refractivity contribution < 1.29 is 22.3 Å². The number of benzene rings is 1. The monoisotopic (exact) mass is 305 g/mol. The van der Waals surface area contributed by atoms with Crippen LogP contribution in [0.4, 0.5) is 8.78 Å². The zero-order chi connectivity index (χ0) is 14.9. The fourth-order valence-corrected chi connectivity index (χ4v) is 3.87. The second-order valence-corrected chi connectivity index (χ2v) is 7.00. The Morgan fingerprint density at radius 1 is 1.25 bits per heavy atom. The van der Waals surface area contributed by atoms with Crippen molar-refractivity contribution >= 4 is 10.0 Å². The SMILES string of the molecule is CC(O)C1CCN(S(=O)(=O)c2ccc(F)c(F)c2)CC1. The van der Waals surface area contributed by atoms with Crippen molar-refractivity contribution in [3.05, 3.63) is 29.8 Å². The second kappa shape index (κ2) is 5.75. The zero-order valence-electron chi connectivity index (χ0n) is 11.1. The highest BCUT2D eigenvalue weighted by molar-refractivity contribution is 7.89. The van der Waals surface area contributed by atoms with Gasteiger partial charge < -0.3 is 5.11 Å². The molecule has 1 saturated heterocycles. The highest BCUT2D eigenvalue weighted by Crippen LogP contribution is 2.26. The van der Waals surface area contributed by atoms with E-state index in [9.17, 15) is 22.3 Å². The summed E-state index contributed by atoms with van der Waals surface area (Å²) in [6, 6.07) is 2.57. The van der Waals surface area contributed by atoms with Gasteiger partial charge in [-0.3, -0.25) is 0 Å². The minimum absolute atomic E-state index is 0.0754. The van der Waals surface area contributed by atoms with Gasteiger partial charge in [0.15, 0.2) is 11.6 Å². The van der Waals surface area contributed by atoms with Gasteiger partial charge in [-0.05, 0) is 43.9 Å². The number of nitrogens with zero attached hydrogens (tertiary/aromatic N) is 1. The third-order valence-electron chi connectivity index (χ3n) is 3.71. The van der Waals surface area contributed by atoms with E-state index in [1.165, 1.54) is 4.31 Å². The van der Waals surface area contributed by atoms with Crippen molar-refractivity contribution in [3.63, 3.8) is 0 Å². The summed E-state index contributed by atoms with van der Waals surface area (Å²) in [7, 11) is -3.81. The molecule has 0 spiro atoms. The Morgan fingerprint density at radius 3 is 2.35 bits per heavy atom. The molecule has 1 aromatic carbocycles. The summed E-state index contributed by atoms with van der Waals surface area (Å²) in [6.45, 7) is 2.23. The van der Waals surface area contributed by atoms with Crippen LogP contribution in [0.2, 0.25) is 0 Å². The predicted molar refractivity (Wildman–Crippen MR) is 69.5 cm³/mol. The lowest BCUT2D eigenvalue weighted by molar-refractivity contribution is 0.0912. The van der Waals surface area contributed by atoms with E-state index in [2.05, 4.69) is 0 Å². The Bertz CT molecular complexity index is 581. The highest BCUT2D eigenvalue weighted by atomic mass is 32.2. The molecule has 1 aromatic rings. The maximum absolute atomic E-state index is 13.2. The van der Waals surface area contributed by atoms with E-state index < -0.39 is 27.8 Å². The molecule has 2 rings (SSSR count). The van der Waals surface area contributed by atoms with Crippen molar-refractivity contribution in [3.8, 4) is 0 Å². The molecule has 1 heterocycles. The van der Waals surface area contributed by atoms with Gasteiger partial charge in [0.1, 0.15) is 0 Å². The van der Waals surface area contributed by atoms with E-state index in [4.69, 9.17) is 0 Å². The van der Waals surface area contributed by atoms with E-state index in [0.29, 0.717) is 18.9 Å². The maximum Gasteiger partial charge on any atom is 0.243 e. The van der Waals surface area contributed by atoms with Crippen LogP contribution in [0, 0.1) is 17.6 Å². The molecular formula is C13H17F2NO3S. The average molecular weight is 305 g/mol. The zero-order valence-corrected chi connectivity index (χ0v) is 11.9. The molecule has 0 bridgehead atoms. The van der Waals surface area contributed by atoms with Crippen LogP contribution in [0.15, 0.2) is 23.1 Å². The second-order valence-electron chi connectivity index (χ2n) is 5.06. The molecule has 20 heavy (non-hydrogen) atoms. The smallest absolute Gasteiger partial charge is 0.243 e. The summed E-state index contributed by atoms with van der Waals surface area (Å²) >= 11 is 0. The largest absolute Gasteiger partial charge is 0.393 e. The summed E-state index contributed by atoms with van der Waals surface area (Å²) in [6.07, 6.45) is 0.643. The van der Waals surface area contributed by atoms with Gasteiger partial charge in [-0.15, -0.1) is 0 Å². The number of sulfonamides is 1. The first-order valence-electron chi connectivity index (χ1n) is 6.45. The minimum atomic E-state index is -3.81. The van der Waals surface area contributed by atoms with Gasteiger partial charge in [-0.1, -0.05) is 0 Å². The summed E-state index contributed by atoms with van der Waals surface area (Å²) in [4.78, 5) is -0.244. The first kappa shape index (κ1) is 15.3. The van der Waals surface area contributed by atoms with Crippen molar-refractivity contribution in [2.45, 2.75) is 30.8 Å². The first-order chi connectivity index (χ1) is 9.32. The van der Waals surface area contributed by atoms with Crippen LogP contribution in [-0.2, 0) is 10.0 Å². The molecule has 1 atom stereocenters. The van der Waals surface area contributed by atoms with Gasteiger partial charge in [0.05, 0.1) is 11.0 Å². The summed E-state index contributed by atoms with van der Waals surface area (Å²) in [5.74, 6) is -2.17. The molecule has 112 valence electrons. The highest BCUT2D eigenvalue weighted by Gasteiger charge is 2.31. The third kappa shape index (κ3) is 2.99. The molecule has 0 saturated carbocycles. The molecular weight excluding hydrogens is 288 g/mol. The number of aliphatic hydroxyl groups is 1. The van der Waals surface area contributed by atoms with Crippen LogP contribution >= 0.6 is 0 Å². The van der Waals surface area contributed by atoms with E-state index in [-0.39, 0.29) is 23.9 Å². The van der Waals surface area contributed by atoms with Crippen LogP contribution in [-0.4, -0.2) is 37.0 Å². The molecule has 1 aliphatic heterocycles.